The zero-order chi connectivity index (χ0) is 26.4. The van der Waals surface area contributed by atoms with Crippen LogP contribution in [0.1, 0.15) is 39.7 Å². The lowest BCUT2D eigenvalue weighted by atomic mass is 10.1. The molecule has 2 aromatic carbocycles. The summed E-state index contributed by atoms with van der Waals surface area (Å²) in [5.41, 5.74) is 0.585. The van der Waals surface area contributed by atoms with Crippen LogP contribution >= 0.6 is 11.6 Å². The lowest BCUT2D eigenvalue weighted by molar-refractivity contribution is -0.141. The molecule has 8 nitrogen and oxygen atoms in total. The molecule has 2 aromatic rings. The molecule has 0 aliphatic heterocycles. The molecule has 0 radical (unpaired) electrons. The van der Waals surface area contributed by atoms with Gasteiger partial charge in [-0.1, -0.05) is 30.7 Å². The number of sulfonamides is 1. The van der Waals surface area contributed by atoms with Gasteiger partial charge in [0.2, 0.25) is 21.8 Å². The minimum atomic E-state index is -3.80. The van der Waals surface area contributed by atoms with Crippen LogP contribution in [0.15, 0.2) is 48.5 Å². The summed E-state index contributed by atoms with van der Waals surface area (Å²) in [6.45, 7) is 7.05. The van der Waals surface area contributed by atoms with Crippen molar-refractivity contribution in [3.05, 3.63) is 59.1 Å². The van der Waals surface area contributed by atoms with E-state index in [1.807, 2.05) is 27.7 Å². The summed E-state index contributed by atoms with van der Waals surface area (Å²) in [5, 5.41) is 3.48. The standard InChI is InChI=1S/C25H34ClN3O5S/c1-7-22(24(31)27-25(2,3)4)28(16-18-8-10-19(26)11-9-18)23(30)17-29(35(6,32)33)20-12-14-21(34-5)15-13-20/h8-15,22H,7,16-17H2,1-6H3,(H,27,31). The summed E-state index contributed by atoms with van der Waals surface area (Å²) in [4.78, 5) is 28.2. The smallest absolute Gasteiger partial charge is 0.244 e. The second kappa shape index (κ2) is 11.8. The zero-order valence-corrected chi connectivity index (χ0v) is 22.6. The lowest BCUT2D eigenvalue weighted by Crippen LogP contribution is -2.55. The quantitative estimate of drug-likeness (QED) is 0.510. The highest BCUT2D eigenvalue weighted by molar-refractivity contribution is 7.92. The first-order valence-electron chi connectivity index (χ1n) is 11.2. The van der Waals surface area contributed by atoms with Crippen molar-refractivity contribution in [3.63, 3.8) is 0 Å². The van der Waals surface area contributed by atoms with Crippen LogP contribution in [0.2, 0.25) is 5.02 Å². The molecule has 0 spiro atoms. The number of benzene rings is 2. The number of halogens is 1. The Balaban J connectivity index is 2.44. The van der Waals surface area contributed by atoms with E-state index in [2.05, 4.69) is 5.32 Å². The molecule has 1 N–H and O–H groups in total. The van der Waals surface area contributed by atoms with Crippen molar-refractivity contribution in [1.82, 2.24) is 10.2 Å². The average molecular weight is 524 g/mol. The third-order valence-electron chi connectivity index (χ3n) is 5.19. The Kier molecular flexibility index (Phi) is 9.57. The average Bonchev–Trinajstić information content (AvgIpc) is 2.76. The number of nitrogens with one attached hydrogen (secondary N) is 1. The van der Waals surface area contributed by atoms with Gasteiger partial charge in [0, 0.05) is 17.1 Å². The normalized spacial score (nSPS) is 12.5. The SMILES string of the molecule is CCC(C(=O)NC(C)(C)C)N(Cc1ccc(Cl)cc1)C(=O)CN(c1ccc(OC)cc1)S(C)(=O)=O. The van der Waals surface area contributed by atoms with Crippen LogP contribution in [-0.4, -0.2) is 56.6 Å². The number of carbonyl (C=O) groups excluding carboxylic acids is 2. The third kappa shape index (κ3) is 8.43. The monoisotopic (exact) mass is 523 g/mol. The Bertz CT molecular complexity index is 1110. The van der Waals surface area contributed by atoms with Crippen molar-refractivity contribution < 1.29 is 22.7 Å². The molecule has 0 fully saturated rings. The predicted molar refractivity (Wildman–Crippen MR) is 139 cm³/mol. The first-order valence-corrected chi connectivity index (χ1v) is 13.5. The molecule has 0 aliphatic rings. The van der Waals surface area contributed by atoms with E-state index in [0.29, 0.717) is 22.9 Å². The summed E-state index contributed by atoms with van der Waals surface area (Å²) in [6.07, 6.45) is 1.39. The van der Waals surface area contributed by atoms with Crippen LogP contribution in [0.5, 0.6) is 5.75 Å². The van der Waals surface area contributed by atoms with E-state index in [1.54, 1.807) is 48.5 Å². The van der Waals surface area contributed by atoms with Gasteiger partial charge >= 0.3 is 0 Å². The fourth-order valence-electron chi connectivity index (χ4n) is 3.52. The van der Waals surface area contributed by atoms with Gasteiger partial charge in [-0.15, -0.1) is 0 Å². The molecule has 0 heterocycles. The molecule has 2 rings (SSSR count). The molecular formula is C25H34ClN3O5S. The van der Waals surface area contributed by atoms with Crippen LogP contribution in [0.25, 0.3) is 0 Å². The van der Waals surface area contributed by atoms with Crippen LogP contribution in [0.3, 0.4) is 0 Å². The topological polar surface area (TPSA) is 96.0 Å². The number of ether oxygens (including phenoxy) is 1. The number of methoxy groups -OCH3 is 1. The fourth-order valence-corrected chi connectivity index (χ4v) is 4.50. The van der Waals surface area contributed by atoms with Gasteiger partial charge in [0.15, 0.2) is 0 Å². The van der Waals surface area contributed by atoms with E-state index >= 15 is 0 Å². The van der Waals surface area contributed by atoms with E-state index in [-0.39, 0.29) is 12.5 Å². The van der Waals surface area contributed by atoms with Crippen LogP contribution < -0.4 is 14.4 Å². The number of rotatable bonds is 10. The van der Waals surface area contributed by atoms with Crippen molar-refractivity contribution in [3.8, 4) is 5.75 Å². The number of nitrogens with zero attached hydrogens (tertiary/aromatic N) is 2. The van der Waals surface area contributed by atoms with E-state index in [1.165, 1.54) is 12.0 Å². The minimum absolute atomic E-state index is 0.117. The Labute approximate surface area is 213 Å². The second-order valence-corrected chi connectivity index (χ2v) is 11.6. The second-order valence-electron chi connectivity index (χ2n) is 9.28. The molecular weight excluding hydrogens is 490 g/mol. The van der Waals surface area contributed by atoms with Crippen molar-refractivity contribution >= 4 is 39.1 Å². The Morgan fingerprint density at radius 3 is 2.09 bits per heavy atom. The Hall–Kier alpha value is -2.78. The maximum absolute atomic E-state index is 13.6. The van der Waals surface area contributed by atoms with Crippen molar-refractivity contribution in [2.75, 3.05) is 24.2 Å². The molecule has 0 aliphatic carbocycles. The first-order chi connectivity index (χ1) is 16.2. The molecule has 2 amide bonds. The lowest BCUT2D eigenvalue weighted by Gasteiger charge is -2.34. The van der Waals surface area contributed by atoms with Crippen LogP contribution in [0.4, 0.5) is 5.69 Å². The van der Waals surface area contributed by atoms with E-state index < -0.39 is 34.1 Å². The number of carbonyl (C=O) groups is 2. The molecule has 0 bridgehead atoms. The van der Waals surface area contributed by atoms with Gasteiger partial charge in [0.05, 0.1) is 19.1 Å². The van der Waals surface area contributed by atoms with Crippen LogP contribution in [-0.2, 0) is 26.2 Å². The molecule has 1 unspecified atom stereocenters. The zero-order valence-electron chi connectivity index (χ0n) is 21.0. The van der Waals surface area contributed by atoms with Gasteiger partial charge in [0.25, 0.3) is 0 Å². The van der Waals surface area contributed by atoms with E-state index in [9.17, 15) is 18.0 Å². The molecule has 0 aromatic heterocycles. The molecule has 1 atom stereocenters. The summed E-state index contributed by atoms with van der Waals surface area (Å²) in [6, 6.07) is 12.5. The van der Waals surface area contributed by atoms with Crippen molar-refractivity contribution in [2.45, 2.75) is 52.2 Å². The molecule has 0 saturated carbocycles. The Morgan fingerprint density at radius 2 is 1.63 bits per heavy atom. The van der Waals surface area contributed by atoms with E-state index in [4.69, 9.17) is 16.3 Å². The maximum atomic E-state index is 13.6. The largest absolute Gasteiger partial charge is 0.497 e. The van der Waals surface area contributed by atoms with E-state index in [0.717, 1.165) is 16.1 Å². The van der Waals surface area contributed by atoms with Gasteiger partial charge in [0.1, 0.15) is 18.3 Å². The summed E-state index contributed by atoms with van der Waals surface area (Å²) < 4.78 is 31.4. The molecule has 0 saturated heterocycles. The van der Waals surface area contributed by atoms with Crippen molar-refractivity contribution in [2.24, 2.45) is 0 Å². The number of anilines is 1. The van der Waals surface area contributed by atoms with Crippen LogP contribution in [0, 0.1) is 0 Å². The predicted octanol–water partition coefficient (Wildman–Crippen LogP) is 3.84. The highest BCUT2D eigenvalue weighted by atomic mass is 35.5. The summed E-state index contributed by atoms with van der Waals surface area (Å²) in [7, 11) is -2.29. The summed E-state index contributed by atoms with van der Waals surface area (Å²) >= 11 is 6.01. The number of amides is 2. The van der Waals surface area contributed by atoms with Gasteiger partial charge in [-0.3, -0.25) is 13.9 Å². The number of hydrogen-bond donors (Lipinski definition) is 1. The first kappa shape index (κ1) is 28.5. The van der Waals surface area contributed by atoms with Gasteiger partial charge in [-0.25, -0.2) is 8.42 Å². The minimum Gasteiger partial charge on any atom is -0.497 e. The van der Waals surface area contributed by atoms with Crippen molar-refractivity contribution in [1.29, 1.82) is 0 Å². The highest BCUT2D eigenvalue weighted by Gasteiger charge is 2.33. The van der Waals surface area contributed by atoms with Gasteiger partial charge in [-0.2, -0.15) is 0 Å². The maximum Gasteiger partial charge on any atom is 0.244 e. The fraction of sp³-hybridized carbons (Fsp3) is 0.440. The Morgan fingerprint density at radius 1 is 1.06 bits per heavy atom. The van der Waals surface area contributed by atoms with Gasteiger partial charge in [-0.05, 0) is 69.2 Å². The molecule has 192 valence electrons. The molecule has 10 heteroatoms. The number of hydrogen-bond acceptors (Lipinski definition) is 5. The molecule has 35 heavy (non-hydrogen) atoms. The summed E-state index contributed by atoms with van der Waals surface area (Å²) in [5.74, 6) is -0.252. The third-order valence-corrected chi connectivity index (χ3v) is 6.58. The highest BCUT2D eigenvalue weighted by Crippen LogP contribution is 2.23. The van der Waals surface area contributed by atoms with Gasteiger partial charge < -0.3 is 15.0 Å².